The molecule has 20 heavy (non-hydrogen) atoms. The number of benzene rings is 1. The molecule has 1 heterocycles. The van der Waals surface area contributed by atoms with Gasteiger partial charge in [0.2, 0.25) is 0 Å². The van der Waals surface area contributed by atoms with Crippen molar-refractivity contribution in [3.05, 3.63) is 39.8 Å². The SMILES string of the molecule is COC(=O)N(C)c1ccc(OCc2cnc(Cl)s2)cc1. The fourth-order valence-corrected chi connectivity index (χ4v) is 2.40. The van der Waals surface area contributed by atoms with E-state index in [1.807, 2.05) is 0 Å². The van der Waals surface area contributed by atoms with Crippen LogP contribution in [-0.4, -0.2) is 25.2 Å². The van der Waals surface area contributed by atoms with Crippen LogP contribution in [0.4, 0.5) is 10.5 Å². The van der Waals surface area contributed by atoms with Crippen LogP contribution in [-0.2, 0) is 11.3 Å². The molecule has 0 atom stereocenters. The summed E-state index contributed by atoms with van der Waals surface area (Å²) in [6.07, 6.45) is 1.27. The van der Waals surface area contributed by atoms with E-state index in [4.69, 9.17) is 16.3 Å². The standard InChI is InChI=1S/C13H13ClN2O3S/c1-16(13(17)18-2)9-3-5-10(6-4-9)19-8-11-7-15-12(14)20-11/h3-7H,8H2,1-2H3. The first kappa shape index (κ1) is 14.6. The number of hydrogen-bond donors (Lipinski definition) is 0. The Morgan fingerprint density at radius 1 is 1.40 bits per heavy atom. The van der Waals surface area contributed by atoms with Crippen LogP contribution in [0.5, 0.6) is 5.75 Å². The lowest BCUT2D eigenvalue weighted by Crippen LogP contribution is -2.25. The van der Waals surface area contributed by atoms with Crippen molar-refractivity contribution in [3.63, 3.8) is 0 Å². The molecule has 0 aliphatic rings. The summed E-state index contributed by atoms with van der Waals surface area (Å²) in [6.45, 7) is 0.413. The van der Waals surface area contributed by atoms with Gasteiger partial charge in [0.15, 0.2) is 4.47 Å². The van der Waals surface area contributed by atoms with Gasteiger partial charge in [-0.15, -0.1) is 11.3 Å². The molecule has 0 saturated heterocycles. The first-order valence-corrected chi connectivity index (χ1v) is 6.94. The van der Waals surface area contributed by atoms with Crippen molar-refractivity contribution in [3.8, 4) is 5.75 Å². The third-order valence-corrected chi connectivity index (χ3v) is 3.67. The average molecular weight is 313 g/mol. The quantitative estimate of drug-likeness (QED) is 0.866. The molecule has 5 nitrogen and oxygen atoms in total. The number of carbonyl (C=O) groups excluding carboxylic acids is 1. The van der Waals surface area contributed by atoms with Crippen molar-refractivity contribution < 1.29 is 14.3 Å². The smallest absolute Gasteiger partial charge is 0.413 e. The number of hydrogen-bond acceptors (Lipinski definition) is 5. The molecule has 0 spiro atoms. The van der Waals surface area contributed by atoms with E-state index in [9.17, 15) is 4.79 Å². The van der Waals surface area contributed by atoms with Crippen molar-refractivity contribution >= 4 is 34.7 Å². The zero-order chi connectivity index (χ0) is 14.5. The normalized spacial score (nSPS) is 10.2. The minimum Gasteiger partial charge on any atom is -0.488 e. The highest BCUT2D eigenvalue weighted by atomic mass is 35.5. The van der Waals surface area contributed by atoms with Gasteiger partial charge < -0.3 is 9.47 Å². The van der Waals surface area contributed by atoms with E-state index in [1.165, 1.54) is 23.3 Å². The molecule has 2 rings (SSSR count). The number of ether oxygens (including phenoxy) is 2. The van der Waals surface area contributed by atoms with Gasteiger partial charge in [-0.2, -0.15) is 0 Å². The molecule has 0 N–H and O–H groups in total. The fraction of sp³-hybridized carbons (Fsp3) is 0.231. The lowest BCUT2D eigenvalue weighted by atomic mass is 10.3. The summed E-state index contributed by atoms with van der Waals surface area (Å²) in [4.78, 5) is 17.7. The molecular weight excluding hydrogens is 300 g/mol. The van der Waals surface area contributed by atoms with E-state index in [-0.39, 0.29) is 0 Å². The second-order valence-corrected chi connectivity index (χ2v) is 5.59. The van der Waals surface area contributed by atoms with Crippen LogP contribution in [0.1, 0.15) is 4.88 Å². The Bertz CT molecular complexity index is 586. The van der Waals surface area contributed by atoms with Crippen LogP contribution < -0.4 is 9.64 Å². The predicted molar refractivity (Wildman–Crippen MR) is 78.7 cm³/mol. The molecule has 106 valence electrons. The van der Waals surface area contributed by atoms with Gasteiger partial charge >= 0.3 is 6.09 Å². The van der Waals surface area contributed by atoms with Gasteiger partial charge in [0.05, 0.1) is 12.0 Å². The van der Waals surface area contributed by atoms with E-state index >= 15 is 0 Å². The summed E-state index contributed by atoms with van der Waals surface area (Å²) >= 11 is 7.13. The van der Waals surface area contributed by atoms with Crippen LogP contribution in [0.15, 0.2) is 30.5 Å². The third-order valence-electron chi connectivity index (χ3n) is 2.58. The highest BCUT2D eigenvalue weighted by Crippen LogP contribution is 2.22. The lowest BCUT2D eigenvalue weighted by Gasteiger charge is -2.15. The molecule has 7 heteroatoms. The van der Waals surface area contributed by atoms with Crippen LogP contribution in [0, 0.1) is 0 Å². The topological polar surface area (TPSA) is 51.7 Å². The third kappa shape index (κ3) is 3.61. The van der Waals surface area contributed by atoms with E-state index in [0.717, 1.165) is 10.6 Å². The average Bonchev–Trinajstić information content (AvgIpc) is 2.89. The Balaban J connectivity index is 1.96. The molecule has 0 saturated carbocycles. The summed E-state index contributed by atoms with van der Waals surface area (Å²) in [5.74, 6) is 0.705. The van der Waals surface area contributed by atoms with Crippen molar-refractivity contribution in [1.29, 1.82) is 0 Å². The lowest BCUT2D eigenvalue weighted by molar-refractivity contribution is 0.180. The highest BCUT2D eigenvalue weighted by Gasteiger charge is 2.10. The monoisotopic (exact) mass is 312 g/mol. The van der Waals surface area contributed by atoms with Gasteiger partial charge in [0, 0.05) is 18.9 Å². The van der Waals surface area contributed by atoms with Crippen LogP contribution in [0.2, 0.25) is 4.47 Å². The number of nitrogens with zero attached hydrogens (tertiary/aromatic N) is 2. The second-order valence-electron chi connectivity index (χ2n) is 3.89. The Morgan fingerprint density at radius 2 is 2.10 bits per heavy atom. The van der Waals surface area contributed by atoms with E-state index in [1.54, 1.807) is 37.5 Å². The molecule has 1 aromatic heterocycles. The Morgan fingerprint density at radius 3 is 2.65 bits per heavy atom. The van der Waals surface area contributed by atoms with Crippen LogP contribution in [0.25, 0.3) is 0 Å². The number of anilines is 1. The van der Waals surface area contributed by atoms with E-state index < -0.39 is 6.09 Å². The Hall–Kier alpha value is -1.79. The number of methoxy groups -OCH3 is 1. The zero-order valence-corrected chi connectivity index (χ0v) is 12.6. The maximum absolute atomic E-state index is 11.4. The van der Waals surface area contributed by atoms with E-state index in [2.05, 4.69) is 9.72 Å². The first-order chi connectivity index (χ1) is 9.60. The van der Waals surface area contributed by atoms with Gasteiger partial charge in [-0.05, 0) is 24.3 Å². The number of aromatic nitrogens is 1. The Labute approximate surface area is 125 Å². The summed E-state index contributed by atoms with van der Waals surface area (Å²) in [6, 6.07) is 7.15. The molecular formula is C13H13ClN2O3S. The first-order valence-electron chi connectivity index (χ1n) is 5.75. The molecule has 0 aliphatic carbocycles. The molecule has 0 unspecified atom stereocenters. The molecule has 0 radical (unpaired) electrons. The summed E-state index contributed by atoms with van der Waals surface area (Å²) in [7, 11) is 2.98. The summed E-state index contributed by atoms with van der Waals surface area (Å²) in [5.41, 5.74) is 0.727. The van der Waals surface area contributed by atoms with Crippen LogP contribution >= 0.6 is 22.9 Å². The maximum atomic E-state index is 11.4. The van der Waals surface area contributed by atoms with Gasteiger partial charge in [-0.3, -0.25) is 4.90 Å². The molecule has 1 aromatic carbocycles. The number of thiazole rings is 1. The Kier molecular flexibility index (Phi) is 4.81. The summed E-state index contributed by atoms with van der Waals surface area (Å²) in [5, 5.41) is 0. The minimum absolute atomic E-state index is 0.413. The van der Waals surface area contributed by atoms with Crippen molar-refractivity contribution in [2.75, 3.05) is 19.1 Å². The predicted octanol–water partition coefficient (Wildman–Crippen LogP) is 3.58. The minimum atomic E-state index is -0.419. The largest absolute Gasteiger partial charge is 0.488 e. The highest BCUT2D eigenvalue weighted by molar-refractivity contribution is 7.15. The molecule has 0 aliphatic heterocycles. The molecule has 2 aromatic rings. The van der Waals surface area contributed by atoms with E-state index in [0.29, 0.717) is 16.8 Å². The number of halogens is 1. The zero-order valence-electron chi connectivity index (χ0n) is 11.0. The molecule has 0 bridgehead atoms. The fourth-order valence-electron chi connectivity index (χ4n) is 1.51. The van der Waals surface area contributed by atoms with Crippen molar-refractivity contribution in [2.24, 2.45) is 0 Å². The van der Waals surface area contributed by atoms with Gasteiger partial charge in [0.1, 0.15) is 12.4 Å². The van der Waals surface area contributed by atoms with Crippen molar-refractivity contribution in [1.82, 2.24) is 4.98 Å². The van der Waals surface area contributed by atoms with Gasteiger partial charge in [0.25, 0.3) is 0 Å². The van der Waals surface area contributed by atoms with Crippen molar-refractivity contribution in [2.45, 2.75) is 6.61 Å². The summed E-state index contributed by atoms with van der Waals surface area (Å²) < 4.78 is 10.7. The number of amides is 1. The number of carbonyl (C=O) groups is 1. The second kappa shape index (κ2) is 6.58. The molecule has 1 amide bonds. The molecule has 0 fully saturated rings. The maximum Gasteiger partial charge on any atom is 0.413 e. The van der Waals surface area contributed by atoms with Gasteiger partial charge in [-0.1, -0.05) is 11.6 Å². The number of rotatable bonds is 4. The van der Waals surface area contributed by atoms with Gasteiger partial charge in [-0.25, -0.2) is 9.78 Å². The van der Waals surface area contributed by atoms with Crippen LogP contribution in [0.3, 0.4) is 0 Å².